The van der Waals surface area contributed by atoms with Gasteiger partial charge in [0.15, 0.2) is 0 Å². The van der Waals surface area contributed by atoms with Crippen LogP contribution in [0.3, 0.4) is 0 Å². The highest BCUT2D eigenvalue weighted by atomic mass is 16.6. The number of rotatable bonds is 6. The maximum Gasteiger partial charge on any atom is 0.340 e. The molecular formula is C18H23N3O4. The Labute approximate surface area is 146 Å². The van der Waals surface area contributed by atoms with Crippen LogP contribution in [0.5, 0.6) is 0 Å². The van der Waals surface area contributed by atoms with Gasteiger partial charge in [-0.3, -0.25) is 10.1 Å². The zero-order valence-corrected chi connectivity index (χ0v) is 15.0. The SMILES string of the molecule is CCCCn1c(C)c(C(=O)OC)c(-c2ccc(N)c([N+](=O)[O-])c2)c1C. The minimum Gasteiger partial charge on any atom is -0.465 e. The van der Waals surface area contributed by atoms with Crippen molar-refractivity contribution in [1.82, 2.24) is 4.57 Å². The Morgan fingerprint density at radius 1 is 1.32 bits per heavy atom. The molecule has 25 heavy (non-hydrogen) atoms. The van der Waals surface area contributed by atoms with E-state index in [4.69, 9.17) is 10.5 Å². The molecule has 1 aromatic carbocycles. The molecule has 0 fully saturated rings. The first kappa shape index (κ1) is 18.5. The Kier molecular flexibility index (Phi) is 5.46. The van der Waals surface area contributed by atoms with Crippen molar-refractivity contribution < 1.29 is 14.5 Å². The van der Waals surface area contributed by atoms with Crippen molar-refractivity contribution in [3.8, 4) is 11.1 Å². The molecule has 0 amide bonds. The van der Waals surface area contributed by atoms with Crippen LogP contribution in [0.15, 0.2) is 18.2 Å². The van der Waals surface area contributed by atoms with Gasteiger partial charge in [0.25, 0.3) is 5.69 Å². The maximum absolute atomic E-state index is 12.4. The summed E-state index contributed by atoms with van der Waals surface area (Å²) in [5.41, 5.74) is 8.96. The first-order chi connectivity index (χ1) is 11.8. The van der Waals surface area contributed by atoms with Crippen molar-refractivity contribution in [3.05, 3.63) is 45.3 Å². The smallest absolute Gasteiger partial charge is 0.340 e. The third-order valence-electron chi connectivity index (χ3n) is 4.42. The summed E-state index contributed by atoms with van der Waals surface area (Å²) in [7, 11) is 1.33. The number of ether oxygens (including phenoxy) is 1. The lowest BCUT2D eigenvalue weighted by molar-refractivity contribution is -0.383. The number of nitro groups is 1. The third-order valence-corrected chi connectivity index (χ3v) is 4.42. The van der Waals surface area contributed by atoms with Gasteiger partial charge in [-0.05, 0) is 31.9 Å². The molecule has 0 aliphatic rings. The second-order valence-electron chi connectivity index (χ2n) is 5.95. The van der Waals surface area contributed by atoms with Crippen molar-refractivity contribution >= 4 is 17.3 Å². The Hall–Kier alpha value is -2.83. The molecule has 0 aliphatic carbocycles. The fraction of sp³-hybridized carbons (Fsp3) is 0.389. The fourth-order valence-corrected chi connectivity index (χ4v) is 3.10. The maximum atomic E-state index is 12.4. The molecular weight excluding hydrogens is 322 g/mol. The van der Waals surface area contributed by atoms with E-state index in [9.17, 15) is 14.9 Å². The van der Waals surface area contributed by atoms with Crippen molar-refractivity contribution in [2.45, 2.75) is 40.2 Å². The number of esters is 1. The average Bonchev–Trinajstić information content (AvgIpc) is 2.83. The van der Waals surface area contributed by atoms with E-state index in [1.54, 1.807) is 6.07 Å². The minimum absolute atomic E-state index is 0.0909. The number of aromatic nitrogens is 1. The van der Waals surface area contributed by atoms with Crippen LogP contribution in [-0.2, 0) is 11.3 Å². The summed E-state index contributed by atoms with van der Waals surface area (Å²) >= 11 is 0. The summed E-state index contributed by atoms with van der Waals surface area (Å²) in [5, 5.41) is 11.2. The predicted octanol–water partition coefficient (Wildman–Crippen LogP) is 3.85. The molecule has 0 unspecified atom stereocenters. The molecule has 2 rings (SSSR count). The van der Waals surface area contributed by atoms with Gasteiger partial charge in [0.05, 0.1) is 17.6 Å². The highest BCUT2D eigenvalue weighted by molar-refractivity contribution is 6.00. The number of carbonyl (C=O) groups excluding carboxylic acids is 1. The van der Waals surface area contributed by atoms with Gasteiger partial charge in [0, 0.05) is 29.6 Å². The lowest BCUT2D eigenvalue weighted by Crippen LogP contribution is -2.06. The van der Waals surface area contributed by atoms with E-state index in [0.717, 1.165) is 30.8 Å². The Bertz CT molecular complexity index is 824. The number of methoxy groups -OCH3 is 1. The molecule has 0 saturated carbocycles. The second-order valence-corrected chi connectivity index (χ2v) is 5.95. The predicted molar refractivity (Wildman–Crippen MR) is 96.7 cm³/mol. The summed E-state index contributed by atoms with van der Waals surface area (Å²) in [6.45, 7) is 6.64. The average molecular weight is 345 g/mol. The fourth-order valence-electron chi connectivity index (χ4n) is 3.10. The van der Waals surface area contributed by atoms with Gasteiger partial charge < -0.3 is 15.0 Å². The zero-order valence-electron chi connectivity index (χ0n) is 15.0. The van der Waals surface area contributed by atoms with E-state index in [-0.39, 0.29) is 11.4 Å². The number of nitro benzene ring substituents is 1. The van der Waals surface area contributed by atoms with E-state index in [0.29, 0.717) is 16.7 Å². The van der Waals surface area contributed by atoms with Crippen molar-refractivity contribution in [2.75, 3.05) is 12.8 Å². The Balaban J connectivity index is 2.73. The van der Waals surface area contributed by atoms with E-state index < -0.39 is 10.9 Å². The molecule has 134 valence electrons. The first-order valence-corrected chi connectivity index (χ1v) is 8.15. The molecule has 2 N–H and O–H groups in total. The van der Waals surface area contributed by atoms with E-state index >= 15 is 0 Å². The summed E-state index contributed by atoms with van der Waals surface area (Å²) in [6.07, 6.45) is 1.99. The number of anilines is 1. The topological polar surface area (TPSA) is 100 Å². The van der Waals surface area contributed by atoms with Crippen LogP contribution in [0.1, 0.15) is 41.5 Å². The van der Waals surface area contributed by atoms with Gasteiger partial charge in [0.2, 0.25) is 0 Å². The number of carbonyl (C=O) groups is 1. The zero-order chi connectivity index (χ0) is 18.7. The van der Waals surface area contributed by atoms with Gasteiger partial charge in [-0.25, -0.2) is 4.79 Å². The molecule has 0 radical (unpaired) electrons. The van der Waals surface area contributed by atoms with E-state index in [1.807, 2.05) is 13.8 Å². The van der Waals surface area contributed by atoms with Crippen LogP contribution in [0.2, 0.25) is 0 Å². The van der Waals surface area contributed by atoms with Gasteiger partial charge in [-0.1, -0.05) is 19.4 Å². The molecule has 7 heteroatoms. The largest absolute Gasteiger partial charge is 0.465 e. The first-order valence-electron chi connectivity index (χ1n) is 8.15. The second kappa shape index (κ2) is 7.38. The lowest BCUT2D eigenvalue weighted by Gasteiger charge is -2.09. The normalized spacial score (nSPS) is 10.7. The lowest BCUT2D eigenvalue weighted by atomic mass is 9.99. The van der Waals surface area contributed by atoms with Gasteiger partial charge in [-0.2, -0.15) is 0 Å². The van der Waals surface area contributed by atoms with Crippen molar-refractivity contribution in [1.29, 1.82) is 0 Å². The number of hydrogen-bond acceptors (Lipinski definition) is 5. The van der Waals surface area contributed by atoms with Crippen LogP contribution in [0.4, 0.5) is 11.4 Å². The molecule has 0 saturated heterocycles. The summed E-state index contributed by atoms with van der Waals surface area (Å²) in [5.74, 6) is -0.453. The van der Waals surface area contributed by atoms with Gasteiger partial charge in [0.1, 0.15) is 5.69 Å². The summed E-state index contributed by atoms with van der Waals surface area (Å²) in [6, 6.07) is 4.60. The Morgan fingerprint density at radius 3 is 2.56 bits per heavy atom. The van der Waals surface area contributed by atoms with Crippen LogP contribution < -0.4 is 5.73 Å². The standard InChI is InChI=1S/C18H23N3O4/c1-5-6-9-20-11(2)16(17(12(20)3)18(22)25-4)13-7-8-14(19)15(10-13)21(23)24/h7-8,10H,5-6,9,19H2,1-4H3. The number of benzene rings is 1. The van der Waals surface area contributed by atoms with Gasteiger partial charge in [-0.15, -0.1) is 0 Å². The molecule has 0 atom stereocenters. The molecule has 1 heterocycles. The third kappa shape index (κ3) is 3.35. The van der Waals surface area contributed by atoms with Crippen LogP contribution in [0, 0.1) is 24.0 Å². The number of nitrogens with two attached hydrogens (primary N) is 1. The van der Waals surface area contributed by atoms with E-state index in [1.165, 1.54) is 19.2 Å². The van der Waals surface area contributed by atoms with Gasteiger partial charge >= 0.3 is 5.97 Å². The quantitative estimate of drug-likeness (QED) is 0.371. The Morgan fingerprint density at radius 2 is 2.00 bits per heavy atom. The molecule has 2 aromatic rings. The summed E-state index contributed by atoms with van der Waals surface area (Å²) < 4.78 is 7.01. The minimum atomic E-state index is -0.521. The van der Waals surface area contributed by atoms with Crippen molar-refractivity contribution in [3.63, 3.8) is 0 Å². The number of nitrogen functional groups attached to an aromatic ring is 1. The monoisotopic (exact) mass is 345 g/mol. The van der Waals surface area contributed by atoms with Crippen LogP contribution in [0.25, 0.3) is 11.1 Å². The number of nitrogens with zero attached hydrogens (tertiary/aromatic N) is 2. The number of unbranched alkanes of at least 4 members (excludes halogenated alkanes) is 1. The molecule has 1 aromatic heterocycles. The number of hydrogen-bond donors (Lipinski definition) is 1. The van der Waals surface area contributed by atoms with Crippen LogP contribution in [-0.4, -0.2) is 22.6 Å². The van der Waals surface area contributed by atoms with E-state index in [2.05, 4.69) is 11.5 Å². The molecule has 7 nitrogen and oxygen atoms in total. The van der Waals surface area contributed by atoms with Crippen LogP contribution >= 0.6 is 0 Å². The molecule has 0 aliphatic heterocycles. The summed E-state index contributed by atoms with van der Waals surface area (Å²) in [4.78, 5) is 23.0. The highest BCUT2D eigenvalue weighted by Crippen LogP contribution is 2.36. The molecule has 0 bridgehead atoms. The molecule has 0 spiro atoms. The highest BCUT2D eigenvalue weighted by Gasteiger charge is 2.26. The van der Waals surface area contributed by atoms with Crippen molar-refractivity contribution in [2.24, 2.45) is 0 Å².